The monoisotopic (exact) mass is 1500 g/mol. The zero-order chi connectivity index (χ0) is 76.2. The number of anilines is 11. The third kappa shape index (κ3) is 10.8. The molecule has 14 aromatic rings. The minimum atomic E-state index is -0.744. The van der Waals surface area contributed by atoms with Crippen LogP contribution in [0.1, 0.15) is 132 Å². The summed E-state index contributed by atoms with van der Waals surface area (Å²) < 4.78 is 8.10. The molecular weight excluding hydrogens is 1410 g/mol. The van der Waals surface area contributed by atoms with Gasteiger partial charge < -0.3 is 24.3 Å². The van der Waals surface area contributed by atoms with Crippen molar-refractivity contribution in [3.63, 3.8) is 0 Å². The summed E-state index contributed by atoms with van der Waals surface area (Å²) in [6.07, 6.45) is 17.4. The maximum Gasteiger partial charge on any atom is 0.256 e. The molecule has 14 aromatic carbocycles. The molecule has 0 saturated heterocycles. The van der Waals surface area contributed by atoms with E-state index in [4.69, 9.17) is 4.74 Å². The second-order valence-corrected chi connectivity index (χ2v) is 36.3. The van der Waals surface area contributed by atoms with E-state index in [1.165, 1.54) is 188 Å². The van der Waals surface area contributed by atoms with Gasteiger partial charge in [-0.05, 0) is 204 Å². The van der Waals surface area contributed by atoms with Crippen molar-refractivity contribution in [1.82, 2.24) is 0 Å². The highest BCUT2D eigenvalue weighted by atomic mass is 32.2. The van der Waals surface area contributed by atoms with E-state index >= 15 is 0 Å². The second kappa shape index (κ2) is 27.4. The molecule has 0 aromatic heterocycles. The minimum Gasteiger partial charge on any atom is -0.458 e. The molecule has 0 radical (unpaired) electrons. The van der Waals surface area contributed by atoms with Gasteiger partial charge in [0.1, 0.15) is 11.5 Å². The molecule has 8 heteroatoms. The molecule has 4 aliphatic carbocycles. The van der Waals surface area contributed by atoms with E-state index in [0.717, 1.165) is 73.3 Å². The SMILES string of the molecule is CC(C)(C)c1cc2c3c(c1)N(C1C(C4CCCCC4)CCCC1C1CCCCC1)c1cc4c(cc1B3c1ccccc1N2c1ccccc1)C1(c2cc3c(cc2S4)Oc2cc(N(c4ccccc4)c4ccccc4-c4ccccc4)cc4c2B3c2ccccc2N4c2ccccc2-c2ccccc2)c2ccccc2-c2ccccc21. The maximum atomic E-state index is 8.10. The van der Waals surface area contributed by atoms with Crippen molar-refractivity contribution in [3.05, 3.63) is 343 Å². The fourth-order valence-corrected chi connectivity index (χ4v) is 24.6. The summed E-state index contributed by atoms with van der Waals surface area (Å²) in [4.78, 5) is 13.4. The topological polar surface area (TPSA) is 22.2 Å². The lowest BCUT2D eigenvalue weighted by atomic mass is 9.33. The molecule has 5 nitrogen and oxygen atoms in total. The van der Waals surface area contributed by atoms with Crippen LogP contribution in [0.4, 0.5) is 62.6 Å². The van der Waals surface area contributed by atoms with Gasteiger partial charge >= 0.3 is 0 Å². The quantitative estimate of drug-likeness (QED) is 0.126. The average Bonchev–Trinajstić information content (AvgIpc) is 1.44. The number of para-hydroxylation sites is 6. The third-order valence-electron chi connectivity index (χ3n) is 28.2. The molecule has 558 valence electrons. The Bertz CT molecular complexity index is 6110. The van der Waals surface area contributed by atoms with E-state index in [0.29, 0.717) is 29.7 Å². The summed E-state index contributed by atoms with van der Waals surface area (Å²) in [5, 5.41) is 0. The second-order valence-electron chi connectivity index (χ2n) is 35.2. The predicted molar refractivity (Wildman–Crippen MR) is 484 cm³/mol. The summed E-state index contributed by atoms with van der Waals surface area (Å²) in [5.41, 5.74) is 34.2. The fourth-order valence-electron chi connectivity index (χ4n) is 23.4. The molecule has 23 rings (SSSR count). The average molecular weight is 1500 g/mol. The van der Waals surface area contributed by atoms with Crippen LogP contribution in [-0.2, 0) is 10.8 Å². The summed E-state index contributed by atoms with van der Waals surface area (Å²) in [5.74, 6) is 4.30. The molecule has 1 spiro atoms. The first-order chi connectivity index (χ1) is 56.7. The Balaban J connectivity index is 0.797. The largest absolute Gasteiger partial charge is 0.458 e. The first-order valence-corrected chi connectivity index (χ1v) is 43.6. The Kier molecular flexibility index (Phi) is 16.5. The maximum absolute atomic E-state index is 8.10. The van der Waals surface area contributed by atoms with Crippen LogP contribution in [0.2, 0.25) is 0 Å². The smallest absolute Gasteiger partial charge is 0.256 e. The van der Waals surface area contributed by atoms with E-state index in [9.17, 15) is 0 Å². The Morgan fingerprint density at radius 2 is 0.852 bits per heavy atom. The van der Waals surface area contributed by atoms with Crippen LogP contribution in [0.5, 0.6) is 11.5 Å². The lowest BCUT2D eigenvalue weighted by Gasteiger charge is -2.55. The summed E-state index contributed by atoms with van der Waals surface area (Å²) in [7, 11) is 0. The van der Waals surface area contributed by atoms with Crippen molar-refractivity contribution < 1.29 is 4.74 Å². The Morgan fingerprint density at radius 1 is 0.357 bits per heavy atom. The number of rotatable bonds is 10. The van der Waals surface area contributed by atoms with Crippen LogP contribution in [0.25, 0.3) is 33.4 Å². The molecule has 115 heavy (non-hydrogen) atoms. The molecule has 0 amide bonds. The van der Waals surface area contributed by atoms with Crippen molar-refractivity contribution in [1.29, 1.82) is 0 Å². The van der Waals surface area contributed by atoms with Gasteiger partial charge in [-0.3, -0.25) is 0 Å². The van der Waals surface area contributed by atoms with Gasteiger partial charge in [-0.25, -0.2) is 0 Å². The zero-order valence-electron chi connectivity index (χ0n) is 65.9. The highest BCUT2D eigenvalue weighted by Gasteiger charge is 2.56. The van der Waals surface area contributed by atoms with E-state index in [2.05, 4.69) is 356 Å². The molecular formula is C107H92B2N4OS. The number of benzene rings is 14. The van der Waals surface area contributed by atoms with Gasteiger partial charge in [-0.15, -0.1) is 0 Å². The van der Waals surface area contributed by atoms with Gasteiger partial charge in [0.15, 0.2) is 0 Å². The van der Waals surface area contributed by atoms with E-state index in [1.807, 2.05) is 11.8 Å². The molecule has 3 saturated carbocycles. The van der Waals surface area contributed by atoms with Crippen LogP contribution < -0.4 is 57.1 Å². The van der Waals surface area contributed by atoms with Gasteiger partial charge in [-0.1, -0.05) is 334 Å². The molecule has 2 atom stereocenters. The van der Waals surface area contributed by atoms with Crippen LogP contribution in [-0.4, -0.2) is 19.5 Å². The van der Waals surface area contributed by atoms with Crippen molar-refractivity contribution >= 4 is 121 Å². The van der Waals surface area contributed by atoms with Gasteiger partial charge in [-0.2, -0.15) is 0 Å². The van der Waals surface area contributed by atoms with Gasteiger partial charge in [0.2, 0.25) is 0 Å². The molecule has 9 aliphatic rings. The standard InChI is InChI=1S/C107H92B2N4OS/c1-106(2,3)73-61-96-103-97(62-73)113(105-79(71-39-14-6-15-40-71)51-34-52-80(105)72-41-16-7-17-42-72)95-67-101-85(65-89(95)108(103)87-55-28-32-59-93(87)111(96)75-45-20-9-21-46-75)107(83-53-26-22-49-81(83)82-50-23-27-54-84(82)107)86-66-90-99(68-102(86)115-101)114-100-64-76(110(74-43-18-8-19-44-74)91-57-30-24-47-77(91)69-35-10-4-11-36-69)63-98-104(100)109(90)88-56-29-33-60-94(88)112(98)92-58-31-25-48-78(92)70-37-12-5-13-38-70/h4-5,8-13,18-33,35-38,43-50,53-68,71-72,79-80,105H,6-7,14-17,34,39-42,51-52H2,1-3H3. The molecule has 0 N–H and O–H groups in total. The number of hydrogen-bond acceptors (Lipinski definition) is 6. The Hall–Kier alpha value is -11.4. The van der Waals surface area contributed by atoms with E-state index < -0.39 is 5.41 Å². The Labute approximate surface area is 682 Å². The van der Waals surface area contributed by atoms with E-state index in [-0.39, 0.29) is 18.8 Å². The number of nitrogens with zero attached hydrogens (tertiary/aromatic N) is 4. The summed E-state index contributed by atoms with van der Waals surface area (Å²) in [6, 6.07) is 122. The molecule has 3 fully saturated rings. The van der Waals surface area contributed by atoms with Crippen molar-refractivity contribution in [2.45, 2.75) is 131 Å². The van der Waals surface area contributed by atoms with Gasteiger partial charge in [0, 0.05) is 78.5 Å². The normalized spacial score (nSPS) is 18.5. The van der Waals surface area contributed by atoms with Crippen molar-refractivity contribution in [2.24, 2.45) is 23.7 Å². The van der Waals surface area contributed by atoms with Crippen molar-refractivity contribution in [2.75, 3.05) is 19.6 Å². The zero-order valence-corrected chi connectivity index (χ0v) is 66.7. The number of fused-ring (bicyclic) bond motifs is 17. The lowest BCUT2D eigenvalue weighted by molar-refractivity contribution is 0.0839. The minimum absolute atomic E-state index is 0.0537. The number of ether oxygens (including phenoxy) is 1. The summed E-state index contributed by atoms with van der Waals surface area (Å²) >= 11 is 2.00. The molecule has 5 heterocycles. The fraction of sp³-hybridized carbons (Fsp3) is 0.215. The Morgan fingerprint density at radius 3 is 1.49 bits per heavy atom. The molecule has 2 unspecified atom stereocenters. The van der Waals surface area contributed by atoms with Gasteiger partial charge in [0.25, 0.3) is 13.4 Å². The third-order valence-corrected chi connectivity index (χ3v) is 29.3. The summed E-state index contributed by atoms with van der Waals surface area (Å²) in [6.45, 7) is 7.10. The predicted octanol–water partition coefficient (Wildman–Crippen LogP) is 24.7. The highest BCUT2D eigenvalue weighted by molar-refractivity contribution is 7.99. The molecule has 5 aliphatic heterocycles. The molecule has 0 bridgehead atoms. The van der Waals surface area contributed by atoms with Crippen molar-refractivity contribution in [3.8, 4) is 44.9 Å². The van der Waals surface area contributed by atoms with E-state index in [1.54, 1.807) is 0 Å². The number of hydrogen-bond donors (Lipinski definition) is 0. The first kappa shape index (κ1) is 69.1. The van der Waals surface area contributed by atoms with Crippen LogP contribution >= 0.6 is 11.8 Å². The first-order valence-electron chi connectivity index (χ1n) is 42.8. The highest BCUT2D eigenvalue weighted by Crippen LogP contribution is 2.65. The van der Waals surface area contributed by atoms with Crippen LogP contribution in [0, 0.1) is 23.7 Å². The van der Waals surface area contributed by atoms with Crippen LogP contribution in [0.15, 0.2) is 325 Å². The van der Waals surface area contributed by atoms with Crippen LogP contribution in [0.3, 0.4) is 0 Å². The van der Waals surface area contributed by atoms with Gasteiger partial charge in [0.05, 0.1) is 22.5 Å². The lowest BCUT2D eigenvalue weighted by Crippen LogP contribution is -2.65.